The molecule has 0 heterocycles. The first-order chi connectivity index (χ1) is 6.45. The molecule has 0 aliphatic heterocycles. The van der Waals surface area contributed by atoms with Crippen molar-refractivity contribution in [2.24, 2.45) is 10.2 Å². The Bertz CT molecular complexity index is 153. The van der Waals surface area contributed by atoms with Crippen LogP contribution in [0.2, 0.25) is 0 Å². The molecule has 4 N–H and O–H groups in total. The van der Waals surface area contributed by atoms with Gasteiger partial charge in [-0.2, -0.15) is 0 Å². The van der Waals surface area contributed by atoms with Gasteiger partial charge in [-0.1, -0.05) is 10.2 Å². The number of hydrogen-bond acceptors (Lipinski definition) is 4. The van der Waals surface area contributed by atoms with Gasteiger partial charge in [0, 0.05) is 0 Å². The Hall–Kier alpha value is -1.54. The number of hydrogen-bond donors (Lipinski definition) is 4. The summed E-state index contributed by atoms with van der Waals surface area (Å²) < 4.78 is 0. The minimum absolute atomic E-state index is 1.62. The van der Waals surface area contributed by atoms with E-state index < -0.39 is 12.2 Å². The van der Waals surface area contributed by atoms with Crippen LogP contribution in [0.5, 0.6) is 0 Å². The Morgan fingerprint density at radius 1 is 0.857 bits per heavy atom. The van der Waals surface area contributed by atoms with Crippen molar-refractivity contribution >= 4 is 12.2 Å². The van der Waals surface area contributed by atoms with Crippen LogP contribution in [0, 0.1) is 0 Å². The first-order valence-corrected chi connectivity index (χ1v) is 3.50. The van der Waals surface area contributed by atoms with E-state index in [0.717, 1.165) is 0 Å². The van der Waals surface area contributed by atoms with E-state index in [1.54, 1.807) is 0 Å². The number of carbonyl (C=O) groups is 2. The molecular formula is C6H16N4O4. The van der Waals surface area contributed by atoms with E-state index in [9.17, 15) is 9.59 Å². The second-order valence-electron chi connectivity index (χ2n) is 1.77. The first kappa shape index (κ1) is 18.3. The maximum Gasteiger partial charge on any atom is 0.450 e. The normalized spacial score (nSPS) is 8.00. The third-order valence-electron chi connectivity index (χ3n) is 0.221. The smallest absolute Gasteiger partial charge is 0.450 e. The molecule has 0 radical (unpaired) electrons. The van der Waals surface area contributed by atoms with Gasteiger partial charge in [-0.05, 0) is 28.2 Å². The number of amides is 2. The fourth-order valence-corrected chi connectivity index (χ4v) is 0.0855. The van der Waals surface area contributed by atoms with Gasteiger partial charge in [0.1, 0.15) is 0 Å². The van der Waals surface area contributed by atoms with Crippen LogP contribution in [0.15, 0.2) is 10.2 Å². The number of nitrogens with zero attached hydrogens (tertiary/aromatic N) is 2. The molecule has 0 aromatic heterocycles. The summed E-state index contributed by atoms with van der Waals surface area (Å²) in [4.78, 5) is 18.8. The van der Waals surface area contributed by atoms with Crippen LogP contribution >= 0.6 is 0 Å². The average molecular weight is 208 g/mol. The molecule has 0 aliphatic carbocycles. The number of rotatable bonds is 0. The maximum atomic E-state index is 9.38. The summed E-state index contributed by atoms with van der Waals surface area (Å²) >= 11 is 0. The fraction of sp³-hybridized carbons (Fsp3) is 0.667. The molecule has 8 heteroatoms. The molecule has 0 atom stereocenters. The van der Waals surface area contributed by atoms with Gasteiger partial charge < -0.3 is 20.8 Å². The molecule has 0 spiro atoms. The molecular weight excluding hydrogens is 192 g/mol. The quantitative estimate of drug-likeness (QED) is 0.429. The molecule has 14 heavy (non-hydrogen) atoms. The van der Waals surface area contributed by atoms with Gasteiger partial charge >= 0.3 is 12.2 Å². The lowest BCUT2D eigenvalue weighted by molar-refractivity contribution is 0.194. The molecule has 0 aromatic carbocycles. The van der Waals surface area contributed by atoms with Gasteiger partial charge in [-0.15, -0.1) is 0 Å². The minimum atomic E-state index is -1.62. The minimum Gasteiger partial charge on any atom is -0.462 e. The number of nitrogens with one attached hydrogen (secondary N) is 2. The molecule has 0 rings (SSSR count). The summed E-state index contributed by atoms with van der Waals surface area (Å²) in [5.74, 6) is 0. The Labute approximate surface area is 82.0 Å². The van der Waals surface area contributed by atoms with Crippen LogP contribution in [0.25, 0.3) is 0 Å². The average Bonchev–Trinajstić information content (AvgIpc) is 2.04. The van der Waals surface area contributed by atoms with Crippen molar-refractivity contribution < 1.29 is 19.8 Å². The molecule has 0 fully saturated rings. The summed E-state index contributed by atoms with van der Waals surface area (Å²) in [5.41, 5.74) is 0. The highest BCUT2D eigenvalue weighted by Crippen LogP contribution is 1.76. The lowest BCUT2D eigenvalue weighted by Crippen LogP contribution is -1.89. The van der Waals surface area contributed by atoms with Crippen LogP contribution < -0.4 is 10.6 Å². The monoisotopic (exact) mass is 208 g/mol. The van der Waals surface area contributed by atoms with Crippen LogP contribution in [0.4, 0.5) is 9.59 Å². The number of carboxylic acid groups (broad SMARTS) is 2. The number of azo groups is 1. The van der Waals surface area contributed by atoms with Crippen molar-refractivity contribution in [3.63, 3.8) is 0 Å². The lowest BCUT2D eigenvalue weighted by Gasteiger charge is -1.72. The summed E-state index contributed by atoms with van der Waals surface area (Å²) in [6.07, 6.45) is -3.24. The molecule has 0 unspecified atom stereocenters. The fourth-order valence-electron chi connectivity index (χ4n) is 0.0855. The zero-order valence-corrected chi connectivity index (χ0v) is 8.61. The first-order valence-electron chi connectivity index (χ1n) is 3.50. The zero-order valence-electron chi connectivity index (χ0n) is 8.61. The Morgan fingerprint density at radius 3 is 1.07 bits per heavy atom. The third kappa shape index (κ3) is 78.2. The van der Waals surface area contributed by atoms with Gasteiger partial charge in [0.25, 0.3) is 0 Å². The highest BCUT2D eigenvalue weighted by atomic mass is 16.4. The second-order valence-corrected chi connectivity index (χ2v) is 1.77. The van der Waals surface area contributed by atoms with Gasteiger partial charge in [-0.3, -0.25) is 0 Å². The topological polar surface area (TPSA) is 123 Å². The van der Waals surface area contributed by atoms with E-state index >= 15 is 0 Å². The van der Waals surface area contributed by atoms with Crippen molar-refractivity contribution in [3.8, 4) is 0 Å². The van der Waals surface area contributed by atoms with E-state index in [0.29, 0.717) is 0 Å². The van der Waals surface area contributed by atoms with Crippen molar-refractivity contribution in [2.75, 3.05) is 28.2 Å². The standard InChI is InChI=1S/C2H2N2O4.2C2H7N/c5-1(6)3-4-2(7)8;2*1-3-2/h(H,5,6)(H,7,8);2*3H,1-2H3. The van der Waals surface area contributed by atoms with Gasteiger partial charge in [0.15, 0.2) is 0 Å². The molecule has 0 saturated heterocycles. The predicted octanol–water partition coefficient (Wildman–Crippen LogP) is 0.466. The maximum absolute atomic E-state index is 9.38. The molecule has 0 aliphatic rings. The molecule has 84 valence electrons. The van der Waals surface area contributed by atoms with Crippen LogP contribution in [-0.2, 0) is 0 Å². The summed E-state index contributed by atoms with van der Waals surface area (Å²) in [6, 6.07) is 0. The second kappa shape index (κ2) is 17.5. The van der Waals surface area contributed by atoms with Crippen LogP contribution in [0.3, 0.4) is 0 Å². The SMILES string of the molecule is CNC.CNC.O=C(O)N=NC(=O)O. The lowest BCUT2D eigenvalue weighted by atomic mass is 11.2. The molecule has 0 aromatic rings. The Balaban J connectivity index is -0.000000168. The Kier molecular flexibility index (Phi) is 22.9. The van der Waals surface area contributed by atoms with E-state index in [1.165, 1.54) is 0 Å². The molecule has 0 saturated carbocycles. The predicted molar refractivity (Wildman–Crippen MR) is 50.9 cm³/mol. The largest absolute Gasteiger partial charge is 0.462 e. The third-order valence-corrected chi connectivity index (χ3v) is 0.221. The van der Waals surface area contributed by atoms with Crippen LogP contribution in [-0.4, -0.2) is 50.6 Å². The van der Waals surface area contributed by atoms with Gasteiger partial charge in [0.2, 0.25) is 0 Å². The van der Waals surface area contributed by atoms with Crippen molar-refractivity contribution in [1.29, 1.82) is 0 Å². The van der Waals surface area contributed by atoms with Gasteiger partial charge in [0.05, 0.1) is 0 Å². The highest BCUT2D eigenvalue weighted by molar-refractivity contribution is 5.70. The zero-order chi connectivity index (χ0) is 12.0. The molecule has 8 nitrogen and oxygen atoms in total. The van der Waals surface area contributed by atoms with E-state index in [1.807, 2.05) is 28.2 Å². The van der Waals surface area contributed by atoms with Crippen molar-refractivity contribution in [1.82, 2.24) is 10.6 Å². The van der Waals surface area contributed by atoms with E-state index in [4.69, 9.17) is 10.2 Å². The van der Waals surface area contributed by atoms with E-state index in [2.05, 4.69) is 20.9 Å². The summed E-state index contributed by atoms with van der Waals surface area (Å²) in [6.45, 7) is 0. The van der Waals surface area contributed by atoms with Crippen molar-refractivity contribution in [2.45, 2.75) is 0 Å². The van der Waals surface area contributed by atoms with E-state index in [-0.39, 0.29) is 0 Å². The molecule has 0 bridgehead atoms. The summed E-state index contributed by atoms with van der Waals surface area (Å²) in [5, 5.41) is 25.3. The Morgan fingerprint density at radius 2 is 1.00 bits per heavy atom. The summed E-state index contributed by atoms with van der Waals surface area (Å²) in [7, 11) is 7.50. The van der Waals surface area contributed by atoms with Crippen LogP contribution in [0.1, 0.15) is 0 Å². The highest BCUT2D eigenvalue weighted by Gasteiger charge is 1.91. The van der Waals surface area contributed by atoms with Crippen molar-refractivity contribution in [3.05, 3.63) is 0 Å². The molecule has 2 amide bonds. The van der Waals surface area contributed by atoms with Gasteiger partial charge in [-0.25, -0.2) is 9.59 Å².